The van der Waals surface area contributed by atoms with E-state index in [0.29, 0.717) is 54.3 Å². The third-order valence-electron chi connectivity index (χ3n) is 7.76. The van der Waals surface area contributed by atoms with Crippen LogP contribution in [0.15, 0.2) is 67.0 Å². The zero-order chi connectivity index (χ0) is 28.4. The van der Waals surface area contributed by atoms with Crippen LogP contribution in [0.3, 0.4) is 0 Å². The Hall–Kier alpha value is -4.64. The van der Waals surface area contributed by atoms with Gasteiger partial charge < -0.3 is 29.2 Å². The van der Waals surface area contributed by atoms with E-state index in [4.69, 9.17) is 18.9 Å². The summed E-state index contributed by atoms with van der Waals surface area (Å²) in [5.74, 6) is 0.998. The number of nitrogens with zero attached hydrogens (tertiary/aromatic N) is 3. The lowest BCUT2D eigenvalue weighted by atomic mass is 9.96. The first-order valence-corrected chi connectivity index (χ1v) is 13.4. The van der Waals surface area contributed by atoms with Crippen molar-refractivity contribution in [3.63, 3.8) is 0 Å². The van der Waals surface area contributed by atoms with Crippen molar-refractivity contribution in [2.45, 2.75) is 31.2 Å². The maximum absolute atomic E-state index is 14.0. The molecule has 6 rings (SSSR count). The molecule has 3 aromatic rings. The van der Waals surface area contributed by atoms with E-state index in [1.165, 1.54) is 0 Å². The highest BCUT2D eigenvalue weighted by molar-refractivity contribution is 5.99. The van der Waals surface area contributed by atoms with Gasteiger partial charge in [0.1, 0.15) is 17.5 Å². The average Bonchev–Trinajstić information content (AvgIpc) is 3.64. The van der Waals surface area contributed by atoms with Crippen LogP contribution in [0.2, 0.25) is 0 Å². The van der Waals surface area contributed by atoms with Crippen LogP contribution in [0.5, 0.6) is 17.2 Å². The van der Waals surface area contributed by atoms with Gasteiger partial charge in [-0.05, 0) is 54.1 Å². The Morgan fingerprint density at radius 1 is 1.00 bits per heavy atom. The summed E-state index contributed by atoms with van der Waals surface area (Å²) < 4.78 is 22.3. The molecule has 3 amide bonds. The number of fused-ring (bicyclic) bond motifs is 1. The van der Waals surface area contributed by atoms with Gasteiger partial charge in [-0.2, -0.15) is 0 Å². The van der Waals surface area contributed by atoms with E-state index >= 15 is 0 Å². The number of hydrogen-bond donors (Lipinski definition) is 1. The van der Waals surface area contributed by atoms with Crippen LogP contribution in [-0.4, -0.2) is 77.9 Å². The Labute approximate surface area is 237 Å². The number of methoxy groups -OCH3 is 1. The Kier molecular flexibility index (Phi) is 7.19. The maximum Gasteiger partial charge on any atom is 0.256 e. The molecule has 0 aliphatic carbocycles. The molecule has 11 heteroatoms. The van der Waals surface area contributed by atoms with Gasteiger partial charge in [-0.15, -0.1) is 0 Å². The van der Waals surface area contributed by atoms with Crippen molar-refractivity contribution >= 4 is 17.7 Å². The number of pyridine rings is 1. The van der Waals surface area contributed by atoms with Crippen molar-refractivity contribution in [3.8, 4) is 17.2 Å². The highest BCUT2D eigenvalue weighted by Gasteiger charge is 2.54. The molecule has 4 heterocycles. The summed E-state index contributed by atoms with van der Waals surface area (Å²) in [6.45, 7) is 1.16. The molecule has 0 unspecified atom stereocenters. The maximum atomic E-state index is 14.0. The third kappa shape index (κ3) is 5.16. The molecule has 1 atom stereocenters. The van der Waals surface area contributed by atoms with Gasteiger partial charge in [-0.25, -0.2) is 0 Å². The molecule has 2 aromatic carbocycles. The number of likely N-dealkylation sites (tertiary alicyclic amines) is 1. The highest BCUT2D eigenvalue weighted by Crippen LogP contribution is 2.39. The Morgan fingerprint density at radius 2 is 1.76 bits per heavy atom. The predicted molar refractivity (Wildman–Crippen MR) is 145 cm³/mol. The van der Waals surface area contributed by atoms with Crippen molar-refractivity contribution < 1.29 is 33.3 Å². The lowest BCUT2D eigenvalue weighted by molar-refractivity contribution is -0.128. The fourth-order valence-corrected chi connectivity index (χ4v) is 5.52. The fourth-order valence-electron chi connectivity index (χ4n) is 5.52. The molecule has 1 N–H and O–H groups in total. The molecule has 2 fully saturated rings. The standard InChI is InChI=1S/C30H30N4O7/c1-38-23-7-4-21(5-8-23)29(37)34-24(27(35)32-17-20-3-2-12-31-16-20)18-41-30(34)10-13-33(14-11-30)28(36)22-6-9-25-26(15-22)40-19-39-25/h2-9,12,15-16,24H,10-11,13-14,17-19H2,1H3,(H,32,35)/t24-/m0/s1. The lowest BCUT2D eigenvalue weighted by Crippen LogP contribution is -2.59. The van der Waals surface area contributed by atoms with Gasteiger partial charge in [0.25, 0.3) is 11.8 Å². The van der Waals surface area contributed by atoms with Crippen LogP contribution in [0.25, 0.3) is 0 Å². The first-order chi connectivity index (χ1) is 20.0. The van der Waals surface area contributed by atoms with E-state index in [0.717, 1.165) is 5.56 Å². The van der Waals surface area contributed by atoms with Crippen LogP contribution in [0.1, 0.15) is 39.1 Å². The van der Waals surface area contributed by atoms with Crippen LogP contribution in [0.4, 0.5) is 0 Å². The fraction of sp³-hybridized carbons (Fsp3) is 0.333. The number of rotatable bonds is 6. The van der Waals surface area contributed by atoms with Gasteiger partial charge >= 0.3 is 0 Å². The quantitative estimate of drug-likeness (QED) is 0.491. The van der Waals surface area contributed by atoms with E-state index in [1.54, 1.807) is 77.8 Å². The first-order valence-electron chi connectivity index (χ1n) is 13.4. The number of piperidine rings is 1. The molecule has 0 bridgehead atoms. The van der Waals surface area contributed by atoms with Crippen molar-refractivity contribution in [2.24, 2.45) is 0 Å². The van der Waals surface area contributed by atoms with Gasteiger partial charge in [0.15, 0.2) is 11.5 Å². The summed E-state index contributed by atoms with van der Waals surface area (Å²) in [4.78, 5) is 48.1. The van der Waals surface area contributed by atoms with Crippen molar-refractivity contribution in [1.29, 1.82) is 0 Å². The summed E-state index contributed by atoms with van der Waals surface area (Å²) in [5, 5.41) is 2.93. The van der Waals surface area contributed by atoms with Gasteiger partial charge in [0, 0.05) is 56.0 Å². The Morgan fingerprint density at radius 3 is 2.49 bits per heavy atom. The minimum atomic E-state index is -1.03. The van der Waals surface area contributed by atoms with E-state index in [1.807, 2.05) is 6.07 Å². The minimum Gasteiger partial charge on any atom is -0.497 e. The zero-order valence-electron chi connectivity index (χ0n) is 22.6. The number of ether oxygens (including phenoxy) is 4. The van der Waals surface area contributed by atoms with E-state index < -0.39 is 11.8 Å². The van der Waals surface area contributed by atoms with Gasteiger partial charge in [-0.1, -0.05) is 6.07 Å². The summed E-state index contributed by atoms with van der Waals surface area (Å²) >= 11 is 0. The number of amides is 3. The van der Waals surface area contributed by atoms with Gasteiger partial charge in [0.05, 0.1) is 13.7 Å². The van der Waals surface area contributed by atoms with Crippen LogP contribution in [-0.2, 0) is 16.1 Å². The van der Waals surface area contributed by atoms with Crippen LogP contribution >= 0.6 is 0 Å². The molecule has 0 saturated carbocycles. The van der Waals surface area contributed by atoms with E-state index in [9.17, 15) is 14.4 Å². The Balaban J connectivity index is 1.21. The second-order valence-corrected chi connectivity index (χ2v) is 10.1. The average molecular weight is 559 g/mol. The molecule has 1 aromatic heterocycles. The van der Waals surface area contributed by atoms with Gasteiger partial charge in [-0.3, -0.25) is 24.3 Å². The predicted octanol–water partition coefficient (Wildman–Crippen LogP) is 2.61. The van der Waals surface area contributed by atoms with Crippen molar-refractivity contribution in [2.75, 3.05) is 33.6 Å². The van der Waals surface area contributed by atoms with Crippen molar-refractivity contribution in [1.82, 2.24) is 20.1 Å². The monoisotopic (exact) mass is 558 g/mol. The molecular formula is C30H30N4O7. The topological polar surface area (TPSA) is 120 Å². The first kappa shape index (κ1) is 26.6. The molecule has 0 radical (unpaired) electrons. The smallest absolute Gasteiger partial charge is 0.256 e. The number of benzene rings is 2. The van der Waals surface area contributed by atoms with E-state index in [2.05, 4.69) is 10.3 Å². The number of nitrogens with one attached hydrogen (secondary N) is 1. The Bertz CT molecular complexity index is 1440. The van der Waals surface area contributed by atoms with Gasteiger partial charge in [0.2, 0.25) is 12.7 Å². The van der Waals surface area contributed by atoms with E-state index in [-0.39, 0.29) is 37.7 Å². The second kappa shape index (κ2) is 11.1. The summed E-state index contributed by atoms with van der Waals surface area (Å²) in [5.41, 5.74) is 0.729. The SMILES string of the molecule is COc1ccc(C(=O)N2[C@H](C(=O)NCc3cccnc3)COC23CCN(C(=O)c2ccc4c(c2)OCO4)CC3)cc1. The molecule has 1 spiro atoms. The molecule has 41 heavy (non-hydrogen) atoms. The lowest BCUT2D eigenvalue weighted by Gasteiger charge is -2.44. The summed E-state index contributed by atoms with van der Waals surface area (Å²) in [6.07, 6.45) is 4.06. The number of carbonyl (C=O) groups excluding carboxylic acids is 3. The molecule has 212 valence electrons. The largest absolute Gasteiger partial charge is 0.497 e. The number of hydrogen-bond acceptors (Lipinski definition) is 8. The zero-order valence-corrected chi connectivity index (χ0v) is 22.6. The van der Waals surface area contributed by atoms with Crippen molar-refractivity contribution in [3.05, 3.63) is 83.7 Å². The second-order valence-electron chi connectivity index (χ2n) is 10.1. The molecule has 3 aliphatic rings. The molecular weight excluding hydrogens is 528 g/mol. The van der Waals surface area contributed by atoms with Crippen LogP contribution < -0.4 is 19.5 Å². The summed E-state index contributed by atoms with van der Waals surface area (Å²) in [7, 11) is 1.56. The normalized spacial score (nSPS) is 18.8. The summed E-state index contributed by atoms with van der Waals surface area (Å²) in [6, 6.07) is 14.7. The molecule has 2 saturated heterocycles. The minimum absolute atomic E-state index is 0.0525. The molecule has 3 aliphatic heterocycles. The number of carbonyl (C=O) groups is 3. The molecule has 11 nitrogen and oxygen atoms in total. The number of aromatic nitrogens is 1. The highest BCUT2D eigenvalue weighted by atomic mass is 16.7. The van der Waals surface area contributed by atoms with Crippen LogP contribution in [0, 0.1) is 0 Å². The third-order valence-corrected chi connectivity index (χ3v) is 7.76.